The molecular weight excluding hydrogens is 1260 g/mol. The van der Waals surface area contributed by atoms with E-state index >= 15 is 0 Å². The van der Waals surface area contributed by atoms with Crippen LogP contribution in [0, 0.1) is 41.4 Å². The van der Waals surface area contributed by atoms with Gasteiger partial charge in [0.05, 0.1) is 25.0 Å². The Labute approximate surface area is 578 Å². The minimum atomic E-state index is -0.981. The van der Waals surface area contributed by atoms with Gasteiger partial charge in [0.25, 0.3) is 11.8 Å². The number of carbonyl (C=O) groups excluding carboxylic acids is 10. The Kier molecular flexibility index (Phi) is 26.1. The van der Waals surface area contributed by atoms with Crippen LogP contribution in [0.3, 0.4) is 0 Å². The van der Waals surface area contributed by atoms with Gasteiger partial charge >= 0.3 is 12.1 Å². The number of fused-ring (bicyclic) bond motifs is 2. The molecule has 0 bridgehead atoms. The molecule has 0 aromatic carbocycles. The Morgan fingerprint density at radius 2 is 1.59 bits per heavy atom. The second-order valence-electron chi connectivity index (χ2n) is 30.9. The minimum absolute atomic E-state index is 0.0209. The second kappa shape index (κ2) is 34.2. The molecule has 16 atom stereocenters. The van der Waals surface area contributed by atoms with E-state index in [1.807, 2.05) is 0 Å². The highest BCUT2D eigenvalue weighted by Gasteiger charge is 2.57. The van der Waals surface area contributed by atoms with Crippen LogP contribution in [0.25, 0.3) is 0 Å². The van der Waals surface area contributed by atoms with Crippen molar-refractivity contribution < 1.29 is 62.5 Å². The predicted octanol–water partition coefficient (Wildman–Crippen LogP) is 1.46. The van der Waals surface area contributed by atoms with Crippen LogP contribution >= 0.6 is 0 Å². The summed E-state index contributed by atoms with van der Waals surface area (Å²) < 4.78 is 13.3. The summed E-state index contributed by atoms with van der Waals surface area (Å²) in [5.74, 6) is -1.94. The normalized spacial score (nSPS) is 33.6. The molecular formula is C70H115N15O13. The number of ether oxygens (including phenoxy) is 2. The molecule has 3 saturated carbocycles. The molecule has 9 fully saturated rings. The van der Waals surface area contributed by atoms with E-state index in [1.54, 1.807) is 23.6 Å². The Bertz CT molecular complexity index is 2840. The summed E-state index contributed by atoms with van der Waals surface area (Å²) in [5.41, 5.74) is 19.2. The molecule has 6 saturated heterocycles. The SMILES string of the molecule is CC[C@@]12C[C@@H](OC3NCC(CN4CCN(C5CCC6CN([C@H]7CCC(=O)NC7=O)C(=O)C6C5)CC4)CC3C)CN1C(CC(N)C1CCCCC1O)C(N)N(C(=O)OCC1CCC(NC(=O)[C@H](CCCNC(N)=O)NC(=O)[C@@H](NC(=O)CCCCCN3C(=O)C=CC3=O)C(C)C)CC1)C2. The summed E-state index contributed by atoms with van der Waals surface area (Å²) in [6.45, 7) is 16.0. The van der Waals surface area contributed by atoms with Gasteiger partial charge in [-0.1, -0.05) is 47.0 Å². The van der Waals surface area contributed by atoms with Crippen LogP contribution in [0.4, 0.5) is 9.59 Å². The number of unbranched alkanes of at least 4 members (excludes halogenated alkanes) is 2. The summed E-state index contributed by atoms with van der Waals surface area (Å²) in [6.07, 6.45) is 15.3. The third-order valence-electron chi connectivity index (χ3n) is 23.9. The highest BCUT2D eigenvalue weighted by Crippen LogP contribution is 2.45. The third kappa shape index (κ3) is 18.6. The van der Waals surface area contributed by atoms with E-state index in [-0.39, 0.29) is 140 Å². The molecule has 0 spiro atoms. The topological polar surface area (TPSA) is 379 Å². The van der Waals surface area contributed by atoms with Gasteiger partial charge in [-0.3, -0.25) is 68.6 Å². The molecule has 0 aromatic rings. The molecule has 0 aromatic heterocycles. The largest absolute Gasteiger partial charge is 0.449 e. The maximum atomic E-state index is 14.6. The van der Waals surface area contributed by atoms with Crippen molar-refractivity contribution in [1.29, 1.82) is 0 Å². The first kappa shape index (κ1) is 74.8. The maximum absolute atomic E-state index is 14.6. The first-order chi connectivity index (χ1) is 47.0. The number of nitrogens with zero attached hydrogens (tertiary/aromatic N) is 6. The van der Waals surface area contributed by atoms with Gasteiger partial charge in [0, 0.05) is 133 Å². The van der Waals surface area contributed by atoms with E-state index in [2.05, 4.69) is 60.4 Å². The van der Waals surface area contributed by atoms with Gasteiger partial charge in [0.1, 0.15) is 24.4 Å². The molecule has 7 aliphatic heterocycles. The smallest absolute Gasteiger partial charge is 0.411 e. The zero-order valence-electron chi connectivity index (χ0n) is 58.6. The Morgan fingerprint density at radius 3 is 2.29 bits per heavy atom. The Morgan fingerprint density at radius 1 is 0.847 bits per heavy atom. The second-order valence-corrected chi connectivity index (χ2v) is 30.9. The number of amides is 11. The summed E-state index contributed by atoms with van der Waals surface area (Å²) in [7, 11) is 0. The molecule has 28 nitrogen and oxygen atoms in total. The Hall–Kier alpha value is -5.88. The molecule has 28 heteroatoms. The van der Waals surface area contributed by atoms with E-state index in [1.165, 1.54) is 12.2 Å². The number of nitrogens with one attached hydrogen (secondary N) is 6. The van der Waals surface area contributed by atoms with Crippen molar-refractivity contribution >= 4 is 59.4 Å². The van der Waals surface area contributed by atoms with Crippen molar-refractivity contribution in [2.75, 3.05) is 78.6 Å². The zero-order valence-corrected chi connectivity index (χ0v) is 58.6. The fourth-order valence-electron chi connectivity index (χ4n) is 18.1. The van der Waals surface area contributed by atoms with Crippen molar-refractivity contribution in [3.63, 3.8) is 0 Å². The highest BCUT2D eigenvalue weighted by atomic mass is 16.6. The minimum Gasteiger partial charge on any atom is -0.449 e. The molecule has 7 heterocycles. The van der Waals surface area contributed by atoms with E-state index < -0.39 is 59.9 Å². The van der Waals surface area contributed by atoms with Gasteiger partial charge in [-0.25, -0.2) is 9.59 Å². The third-order valence-corrected chi connectivity index (χ3v) is 23.9. The number of nitrogens with two attached hydrogens (primary N) is 3. The highest BCUT2D eigenvalue weighted by molar-refractivity contribution is 6.12. The lowest BCUT2D eigenvalue weighted by Crippen LogP contribution is -2.72. The van der Waals surface area contributed by atoms with Crippen molar-refractivity contribution in [2.24, 2.45) is 58.6 Å². The van der Waals surface area contributed by atoms with Crippen LogP contribution in [-0.2, 0) is 47.8 Å². The number of imide groups is 2. The maximum Gasteiger partial charge on any atom is 0.411 e. The monoisotopic (exact) mass is 1370 g/mol. The summed E-state index contributed by atoms with van der Waals surface area (Å²) in [5, 5.41) is 28.8. The average Bonchev–Trinajstić information content (AvgIpc) is 1.55. The lowest BCUT2D eigenvalue weighted by Gasteiger charge is -2.54. The standard InChI is InChI=1S/C70H115N15O13/c1-5-70-35-49(98-66-43(4)32-45(36-75-66)37-80-28-30-81(31-29-80)48-21-18-46-38-83(67(94)51(46)33-48)54-22-23-58(88)79-64(54)92)39-85(70)55(34-52(71)50-12-8-9-14-56(50)86)62(72)84(41-70)69(96)97-40-44-16-19-47(20-17-44)76-63(91)53(13-11-26-74-68(73)95)77-65(93)61(42(2)3)78-57(87)15-7-6-10-27-82-59(89)24-25-60(82)90/h24-25,42-56,61-62,66,75,86H,5-23,26-41,71-72H2,1-4H3,(H,76,91)(H,77,93)(H,78,87)(H3,73,74,95)(H,79,88,92)/t43?,44?,45?,46?,47?,48?,49-,50?,51?,52?,53+,54+,55?,56?,61+,62?,66?,70+/m1/s1. The van der Waals surface area contributed by atoms with Crippen LogP contribution < -0.4 is 49.1 Å². The first-order valence-corrected chi connectivity index (χ1v) is 37.3. The number of likely N-dealkylation sites (tertiary alicyclic amines) is 1. The van der Waals surface area contributed by atoms with Crippen LogP contribution in [0.5, 0.6) is 0 Å². The molecule has 548 valence electrons. The number of piperidine rings is 2. The van der Waals surface area contributed by atoms with Gasteiger partial charge < -0.3 is 62.8 Å². The first-order valence-electron chi connectivity index (χ1n) is 37.3. The van der Waals surface area contributed by atoms with Crippen molar-refractivity contribution in [3.8, 4) is 0 Å². The van der Waals surface area contributed by atoms with Gasteiger partial charge in [-0.05, 0) is 151 Å². The molecule has 98 heavy (non-hydrogen) atoms. The number of carbonyl (C=O) groups is 10. The number of aliphatic hydroxyl groups excluding tert-OH is 1. The molecule has 11 amide bonds. The number of aliphatic hydroxyl groups is 1. The van der Waals surface area contributed by atoms with E-state index in [0.29, 0.717) is 109 Å². The van der Waals surface area contributed by atoms with Gasteiger partial charge in [0.2, 0.25) is 35.4 Å². The number of urea groups is 1. The quantitative estimate of drug-likeness (QED) is 0.0391. The fourth-order valence-corrected chi connectivity index (χ4v) is 18.1. The Balaban J connectivity index is 0.684. The van der Waals surface area contributed by atoms with Gasteiger partial charge in [0.15, 0.2) is 0 Å². The number of rotatable bonds is 28. The summed E-state index contributed by atoms with van der Waals surface area (Å²) >= 11 is 0. The molecule has 0 radical (unpaired) electrons. The number of piperazine rings is 2. The molecule has 10 rings (SSSR count). The predicted molar refractivity (Wildman–Crippen MR) is 363 cm³/mol. The van der Waals surface area contributed by atoms with Crippen LogP contribution in [0.2, 0.25) is 0 Å². The van der Waals surface area contributed by atoms with Crippen molar-refractivity contribution in [3.05, 3.63) is 12.2 Å². The number of primary amides is 1. The van der Waals surface area contributed by atoms with Gasteiger partial charge in [-0.15, -0.1) is 0 Å². The summed E-state index contributed by atoms with van der Waals surface area (Å²) in [6, 6.07) is -3.69. The molecule has 10 aliphatic rings. The molecule has 13 N–H and O–H groups in total. The zero-order chi connectivity index (χ0) is 69.9. The van der Waals surface area contributed by atoms with E-state index in [0.717, 1.165) is 95.5 Å². The summed E-state index contributed by atoms with van der Waals surface area (Å²) in [4.78, 5) is 141. The van der Waals surface area contributed by atoms with Crippen LogP contribution in [0.1, 0.15) is 175 Å². The fraction of sp³-hybridized carbons (Fsp3) is 0.829. The van der Waals surface area contributed by atoms with Crippen molar-refractivity contribution in [2.45, 2.75) is 248 Å². The molecule has 3 aliphatic carbocycles. The number of hydrogen-bond donors (Lipinski definition) is 10. The van der Waals surface area contributed by atoms with Crippen molar-refractivity contribution in [1.82, 2.24) is 61.3 Å². The van der Waals surface area contributed by atoms with Crippen LogP contribution in [0.15, 0.2) is 12.2 Å². The average molecular weight is 1370 g/mol. The lowest BCUT2D eigenvalue weighted by atomic mass is 9.78. The van der Waals surface area contributed by atoms with Crippen LogP contribution in [-0.4, -0.2) is 245 Å². The van der Waals surface area contributed by atoms with E-state index in [9.17, 15) is 53.1 Å². The van der Waals surface area contributed by atoms with Gasteiger partial charge in [-0.2, -0.15) is 0 Å². The van der Waals surface area contributed by atoms with E-state index in [4.69, 9.17) is 26.7 Å². The number of hydrogen-bond acceptors (Lipinski definition) is 19. The molecule has 11 unspecified atom stereocenters. The lowest BCUT2D eigenvalue weighted by molar-refractivity contribution is -0.145.